The fraction of sp³-hybridized carbons (Fsp3) is 0.200. The van der Waals surface area contributed by atoms with Crippen LogP contribution in [0.15, 0.2) is 22.7 Å². The Morgan fingerprint density at radius 1 is 1.25 bits per heavy atom. The van der Waals surface area contributed by atoms with E-state index >= 15 is 0 Å². The molecule has 0 saturated carbocycles. The molecule has 0 bridgehead atoms. The molecule has 0 aliphatic rings. The summed E-state index contributed by atoms with van der Waals surface area (Å²) in [5, 5.41) is 0. The van der Waals surface area contributed by atoms with Gasteiger partial charge in [0.25, 0.3) is 0 Å². The first kappa shape index (κ1) is 6.88. The van der Waals surface area contributed by atoms with E-state index in [9.17, 15) is 9.59 Å². The second-order valence-corrected chi connectivity index (χ2v) is 1.17. The van der Waals surface area contributed by atoms with E-state index in [2.05, 4.69) is 13.2 Å². The SMILES string of the molecule is C=C.Cn1c(=O)c1=O. The molecule has 0 radical (unpaired) electrons. The van der Waals surface area contributed by atoms with E-state index in [0.29, 0.717) is 0 Å². The molecule has 0 aliphatic carbocycles. The molecule has 1 heterocycles. The lowest BCUT2D eigenvalue weighted by molar-refractivity contribution is 1.00. The van der Waals surface area contributed by atoms with E-state index in [1.165, 1.54) is 7.05 Å². The highest BCUT2D eigenvalue weighted by atomic mass is 16.2. The average molecular weight is 113 g/mol. The van der Waals surface area contributed by atoms with Crippen molar-refractivity contribution in [2.24, 2.45) is 7.05 Å². The largest absolute Gasteiger partial charge is 0.319 e. The molecule has 1 rings (SSSR count). The maximum absolute atomic E-state index is 9.79. The van der Waals surface area contributed by atoms with Crippen molar-refractivity contribution < 1.29 is 0 Å². The van der Waals surface area contributed by atoms with Gasteiger partial charge in [-0.1, -0.05) is 0 Å². The van der Waals surface area contributed by atoms with Gasteiger partial charge in [-0.05, 0) is 0 Å². The summed E-state index contributed by atoms with van der Waals surface area (Å²) < 4.78 is 1.06. The summed E-state index contributed by atoms with van der Waals surface area (Å²) in [5.74, 6) is 0. The Hall–Kier alpha value is -1.12. The molecule has 0 unspecified atom stereocenters. The molecule has 44 valence electrons. The molecule has 0 aliphatic heterocycles. The molecular weight excluding hydrogens is 106 g/mol. The molecule has 0 spiro atoms. The number of aromatic nitrogens is 1. The minimum Gasteiger partial charge on any atom is -0.269 e. The van der Waals surface area contributed by atoms with Gasteiger partial charge in [0, 0.05) is 7.05 Å². The van der Waals surface area contributed by atoms with Crippen molar-refractivity contribution in [2.75, 3.05) is 0 Å². The fourth-order valence-corrected chi connectivity index (χ4v) is 0.206. The quantitative estimate of drug-likeness (QED) is 0.333. The maximum atomic E-state index is 9.79. The van der Waals surface area contributed by atoms with Crippen LogP contribution in [-0.4, -0.2) is 4.57 Å². The van der Waals surface area contributed by atoms with E-state index in [0.717, 1.165) is 4.57 Å². The third-order valence-electron chi connectivity index (χ3n) is 0.742. The number of rotatable bonds is 0. The first-order valence-electron chi connectivity index (χ1n) is 2.05. The Balaban J connectivity index is 0.000000222. The first-order chi connectivity index (χ1) is 3.73. The molecule has 0 saturated heterocycles. The van der Waals surface area contributed by atoms with Crippen LogP contribution >= 0.6 is 0 Å². The van der Waals surface area contributed by atoms with Crippen molar-refractivity contribution in [2.45, 2.75) is 0 Å². The Kier molecular flexibility index (Phi) is 1.94. The van der Waals surface area contributed by atoms with Crippen LogP contribution in [0.5, 0.6) is 0 Å². The zero-order valence-corrected chi connectivity index (χ0v) is 4.68. The highest BCUT2D eigenvalue weighted by Crippen LogP contribution is 1.49. The monoisotopic (exact) mass is 113 g/mol. The van der Waals surface area contributed by atoms with Crippen molar-refractivity contribution in [3.63, 3.8) is 0 Å². The van der Waals surface area contributed by atoms with Crippen molar-refractivity contribution >= 4 is 0 Å². The van der Waals surface area contributed by atoms with E-state index in [1.54, 1.807) is 0 Å². The van der Waals surface area contributed by atoms with E-state index in [1.807, 2.05) is 0 Å². The van der Waals surface area contributed by atoms with E-state index < -0.39 is 0 Å². The Morgan fingerprint density at radius 3 is 1.38 bits per heavy atom. The number of hydrogen-bond acceptors (Lipinski definition) is 2. The Bertz CT molecular complexity index is 204. The maximum Gasteiger partial charge on any atom is 0.319 e. The lowest BCUT2D eigenvalue weighted by Crippen LogP contribution is -1.88. The molecule has 0 atom stereocenters. The van der Waals surface area contributed by atoms with Crippen LogP contribution in [0, 0.1) is 0 Å². The lowest BCUT2D eigenvalue weighted by atomic mass is 11.1. The Morgan fingerprint density at radius 2 is 1.38 bits per heavy atom. The molecule has 0 aromatic carbocycles. The summed E-state index contributed by atoms with van der Waals surface area (Å²) in [7, 11) is 1.45. The van der Waals surface area contributed by atoms with Crippen LogP contribution in [0.3, 0.4) is 0 Å². The molecule has 8 heavy (non-hydrogen) atoms. The van der Waals surface area contributed by atoms with Gasteiger partial charge in [0.1, 0.15) is 0 Å². The van der Waals surface area contributed by atoms with Gasteiger partial charge in [-0.3, -0.25) is 14.2 Å². The van der Waals surface area contributed by atoms with Gasteiger partial charge < -0.3 is 0 Å². The third-order valence-corrected chi connectivity index (χ3v) is 0.742. The van der Waals surface area contributed by atoms with Gasteiger partial charge in [0.05, 0.1) is 0 Å². The summed E-state index contributed by atoms with van der Waals surface area (Å²) in [6, 6.07) is 0. The summed E-state index contributed by atoms with van der Waals surface area (Å²) >= 11 is 0. The van der Waals surface area contributed by atoms with Crippen LogP contribution in [0.25, 0.3) is 0 Å². The molecule has 1 aromatic rings. The van der Waals surface area contributed by atoms with Crippen molar-refractivity contribution in [1.82, 2.24) is 4.57 Å². The van der Waals surface area contributed by atoms with Gasteiger partial charge in [0.15, 0.2) is 0 Å². The zero-order valence-electron chi connectivity index (χ0n) is 4.68. The molecular formula is C5H7NO2. The standard InChI is InChI=1S/C3H3NO2.C2H4/c1-4-2(5)3(4)6;1-2/h1H3;1-2H2. The second kappa shape index (κ2) is 2.26. The normalized spacial score (nSPS) is 8.12. The van der Waals surface area contributed by atoms with Gasteiger partial charge in [-0.2, -0.15) is 0 Å². The van der Waals surface area contributed by atoms with Crippen LogP contribution in [0.1, 0.15) is 0 Å². The van der Waals surface area contributed by atoms with Crippen LogP contribution in [0.4, 0.5) is 0 Å². The highest BCUT2D eigenvalue weighted by molar-refractivity contribution is 4.84. The molecule has 3 heteroatoms. The first-order valence-corrected chi connectivity index (χ1v) is 2.05. The van der Waals surface area contributed by atoms with Crippen molar-refractivity contribution in [3.8, 4) is 0 Å². The minimum atomic E-state index is -0.380. The third kappa shape index (κ3) is 0.932. The summed E-state index contributed by atoms with van der Waals surface area (Å²) in [5.41, 5.74) is -0.759. The number of hydrogen-bond donors (Lipinski definition) is 0. The molecule has 0 fully saturated rings. The number of nitrogens with zero attached hydrogens (tertiary/aromatic N) is 1. The van der Waals surface area contributed by atoms with Crippen molar-refractivity contribution in [1.29, 1.82) is 0 Å². The molecule has 3 nitrogen and oxygen atoms in total. The zero-order chi connectivity index (χ0) is 6.73. The minimum absolute atomic E-state index is 0.380. The molecule has 0 N–H and O–H groups in total. The Labute approximate surface area is 46.6 Å². The second-order valence-electron chi connectivity index (χ2n) is 1.17. The fourth-order valence-electron chi connectivity index (χ4n) is 0.206. The topological polar surface area (TPSA) is 39.1 Å². The molecule has 1 aromatic heterocycles. The van der Waals surface area contributed by atoms with E-state index in [-0.39, 0.29) is 11.1 Å². The van der Waals surface area contributed by atoms with E-state index in [4.69, 9.17) is 0 Å². The summed E-state index contributed by atoms with van der Waals surface area (Å²) in [4.78, 5) is 19.6. The van der Waals surface area contributed by atoms with Crippen LogP contribution < -0.4 is 11.1 Å². The van der Waals surface area contributed by atoms with Gasteiger partial charge in [-0.25, -0.2) is 0 Å². The summed E-state index contributed by atoms with van der Waals surface area (Å²) in [6.07, 6.45) is 0. The van der Waals surface area contributed by atoms with Crippen molar-refractivity contribution in [3.05, 3.63) is 33.9 Å². The lowest BCUT2D eigenvalue weighted by Gasteiger charge is -1.51. The summed E-state index contributed by atoms with van der Waals surface area (Å²) in [6.45, 7) is 6.00. The van der Waals surface area contributed by atoms with Gasteiger partial charge in [0.2, 0.25) is 0 Å². The van der Waals surface area contributed by atoms with Crippen LogP contribution in [-0.2, 0) is 7.05 Å². The van der Waals surface area contributed by atoms with Crippen LogP contribution in [0.2, 0.25) is 0 Å². The highest BCUT2D eigenvalue weighted by Gasteiger charge is 2.07. The van der Waals surface area contributed by atoms with Gasteiger partial charge >= 0.3 is 11.1 Å². The predicted octanol–water partition coefficient (Wildman–Crippen LogP) is -0.577. The average Bonchev–Trinajstić information content (AvgIpc) is 2.30. The smallest absolute Gasteiger partial charge is 0.269 e. The van der Waals surface area contributed by atoms with Gasteiger partial charge in [-0.15, -0.1) is 13.2 Å². The predicted molar refractivity (Wildman–Crippen MR) is 31.6 cm³/mol. The molecule has 0 amide bonds.